The Bertz CT molecular complexity index is 459. The summed E-state index contributed by atoms with van der Waals surface area (Å²) in [5, 5.41) is 6.52. The molecule has 0 bridgehead atoms. The largest absolute Gasteiger partial charge is 0.454 e. The van der Waals surface area contributed by atoms with Gasteiger partial charge in [-0.3, -0.25) is 4.99 Å². The van der Waals surface area contributed by atoms with Crippen molar-refractivity contribution >= 4 is 5.96 Å². The Morgan fingerprint density at radius 3 is 3.12 bits per heavy atom. The van der Waals surface area contributed by atoms with Crippen LogP contribution >= 0.6 is 0 Å². The summed E-state index contributed by atoms with van der Waals surface area (Å²) >= 11 is 0. The van der Waals surface area contributed by atoms with Gasteiger partial charge >= 0.3 is 0 Å². The molecule has 0 fully saturated rings. The van der Waals surface area contributed by atoms with Crippen molar-refractivity contribution in [3.63, 3.8) is 0 Å². The molecule has 17 heavy (non-hydrogen) atoms. The van der Waals surface area contributed by atoms with Gasteiger partial charge in [0.15, 0.2) is 17.5 Å². The lowest BCUT2D eigenvalue weighted by molar-refractivity contribution is 0.174. The zero-order valence-electron chi connectivity index (χ0n) is 9.69. The van der Waals surface area contributed by atoms with Crippen LogP contribution in [0.25, 0.3) is 0 Å². The second-order valence-corrected chi connectivity index (χ2v) is 4.28. The van der Waals surface area contributed by atoms with Gasteiger partial charge in [-0.05, 0) is 24.6 Å². The molecule has 0 amide bonds. The van der Waals surface area contributed by atoms with Crippen molar-refractivity contribution in [2.75, 3.05) is 13.3 Å². The third-order valence-electron chi connectivity index (χ3n) is 2.80. The predicted molar refractivity (Wildman–Crippen MR) is 64.3 cm³/mol. The van der Waals surface area contributed by atoms with Crippen LogP contribution in [0.2, 0.25) is 0 Å². The summed E-state index contributed by atoms with van der Waals surface area (Å²) in [5.74, 6) is 2.51. The highest BCUT2D eigenvalue weighted by molar-refractivity contribution is 5.81. The van der Waals surface area contributed by atoms with Crippen molar-refractivity contribution in [1.29, 1.82) is 0 Å². The Labute approximate surface area is 99.8 Å². The van der Waals surface area contributed by atoms with Crippen molar-refractivity contribution in [1.82, 2.24) is 10.6 Å². The van der Waals surface area contributed by atoms with E-state index in [-0.39, 0.29) is 0 Å². The van der Waals surface area contributed by atoms with Gasteiger partial charge in [-0.1, -0.05) is 6.07 Å². The molecule has 90 valence electrons. The molecule has 1 unspecified atom stereocenters. The molecule has 1 atom stereocenters. The Morgan fingerprint density at radius 2 is 2.29 bits per heavy atom. The van der Waals surface area contributed by atoms with Crippen molar-refractivity contribution in [3.8, 4) is 11.5 Å². The highest BCUT2D eigenvalue weighted by atomic mass is 16.7. The second-order valence-electron chi connectivity index (χ2n) is 4.28. The van der Waals surface area contributed by atoms with E-state index in [1.165, 1.54) is 0 Å². The van der Waals surface area contributed by atoms with Gasteiger partial charge in [-0.25, -0.2) is 0 Å². The molecule has 0 spiro atoms. The molecule has 0 aromatic heterocycles. The smallest absolute Gasteiger partial charge is 0.231 e. The molecular formula is C12H15N3O2. The average Bonchev–Trinajstić information content (AvgIpc) is 2.94. The van der Waals surface area contributed by atoms with Crippen LogP contribution in [-0.4, -0.2) is 25.3 Å². The van der Waals surface area contributed by atoms with Gasteiger partial charge in [0.2, 0.25) is 6.79 Å². The first-order chi connectivity index (χ1) is 8.31. The average molecular weight is 233 g/mol. The Kier molecular flexibility index (Phi) is 2.51. The highest BCUT2D eigenvalue weighted by Crippen LogP contribution is 2.32. The van der Waals surface area contributed by atoms with E-state index in [1.807, 2.05) is 18.2 Å². The highest BCUT2D eigenvalue weighted by Gasteiger charge is 2.14. The summed E-state index contributed by atoms with van der Waals surface area (Å²) in [5.41, 5.74) is 1.15. The molecule has 5 nitrogen and oxygen atoms in total. The minimum absolute atomic E-state index is 0.317. The predicted octanol–water partition coefficient (Wildman–Crippen LogP) is 0.853. The van der Waals surface area contributed by atoms with Crippen molar-refractivity contribution in [2.24, 2.45) is 4.99 Å². The summed E-state index contributed by atoms with van der Waals surface area (Å²) in [4.78, 5) is 4.34. The van der Waals surface area contributed by atoms with Gasteiger partial charge in [-0.15, -0.1) is 0 Å². The van der Waals surface area contributed by atoms with Gasteiger partial charge in [0.05, 0.1) is 6.54 Å². The van der Waals surface area contributed by atoms with E-state index in [9.17, 15) is 0 Å². The molecule has 1 aromatic rings. The zero-order chi connectivity index (χ0) is 11.7. The molecule has 0 radical (unpaired) electrons. The van der Waals surface area contributed by atoms with E-state index >= 15 is 0 Å². The Hall–Kier alpha value is -1.91. The molecule has 0 saturated heterocycles. The van der Waals surface area contributed by atoms with E-state index in [4.69, 9.17) is 9.47 Å². The fraction of sp³-hybridized carbons (Fsp3) is 0.417. The molecule has 3 rings (SSSR count). The normalized spacial score (nSPS) is 21.0. The summed E-state index contributed by atoms with van der Waals surface area (Å²) in [6.45, 7) is 4.00. The molecule has 0 saturated carbocycles. The van der Waals surface area contributed by atoms with Gasteiger partial charge < -0.3 is 20.1 Å². The second kappa shape index (κ2) is 4.16. The lowest BCUT2D eigenvalue weighted by Gasteiger charge is -2.09. The number of fused-ring (bicyclic) bond motifs is 1. The number of hydrogen-bond donors (Lipinski definition) is 2. The minimum atomic E-state index is 0.317. The maximum Gasteiger partial charge on any atom is 0.231 e. The fourth-order valence-electron chi connectivity index (χ4n) is 1.90. The molecule has 1 aromatic carbocycles. The summed E-state index contributed by atoms with van der Waals surface area (Å²) < 4.78 is 10.6. The number of hydrogen-bond acceptors (Lipinski definition) is 5. The van der Waals surface area contributed by atoms with Crippen molar-refractivity contribution < 1.29 is 9.47 Å². The van der Waals surface area contributed by atoms with Crippen molar-refractivity contribution in [3.05, 3.63) is 23.8 Å². The standard InChI is InChI=1S/C12H15N3O2/c1-8-5-13-12(15-8)14-6-9-2-3-10-11(4-9)17-7-16-10/h2-4,8H,5-7H2,1H3,(H2,13,14,15). The fourth-order valence-corrected chi connectivity index (χ4v) is 1.90. The third-order valence-corrected chi connectivity index (χ3v) is 2.80. The first kappa shape index (κ1) is 10.3. The Balaban J connectivity index is 1.62. The SMILES string of the molecule is CC1CN=C(NCc2ccc3c(c2)OCO3)N1. The maximum atomic E-state index is 5.33. The number of aliphatic imine (C=N–C) groups is 1. The van der Waals surface area contributed by atoms with Crippen LogP contribution in [-0.2, 0) is 6.54 Å². The lowest BCUT2D eigenvalue weighted by atomic mass is 10.2. The first-order valence-corrected chi connectivity index (χ1v) is 5.74. The van der Waals surface area contributed by atoms with Crippen LogP contribution in [0.5, 0.6) is 11.5 Å². The van der Waals surface area contributed by atoms with Crippen LogP contribution in [0.1, 0.15) is 12.5 Å². The third kappa shape index (κ3) is 2.13. The minimum Gasteiger partial charge on any atom is -0.454 e. The maximum absolute atomic E-state index is 5.33. The van der Waals surface area contributed by atoms with Gasteiger partial charge in [0.25, 0.3) is 0 Å². The van der Waals surface area contributed by atoms with Crippen molar-refractivity contribution in [2.45, 2.75) is 19.5 Å². The molecule has 2 aliphatic rings. The van der Waals surface area contributed by atoms with Gasteiger partial charge in [-0.2, -0.15) is 0 Å². The van der Waals surface area contributed by atoms with Gasteiger partial charge in [0.1, 0.15) is 0 Å². The topological polar surface area (TPSA) is 54.9 Å². The molecule has 2 aliphatic heterocycles. The first-order valence-electron chi connectivity index (χ1n) is 5.74. The van der Waals surface area contributed by atoms with Crippen LogP contribution in [0.4, 0.5) is 0 Å². The number of ether oxygens (including phenoxy) is 2. The van der Waals surface area contributed by atoms with Crippen LogP contribution in [0.3, 0.4) is 0 Å². The summed E-state index contributed by atoms with van der Waals surface area (Å²) in [6, 6.07) is 6.38. The summed E-state index contributed by atoms with van der Waals surface area (Å²) in [6.07, 6.45) is 0. The van der Waals surface area contributed by atoms with Crippen LogP contribution in [0, 0.1) is 0 Å². The van der Waals surface area contributed by atoms with E-state index in [0.717, 1.165) is 36.1 Å². The number of nitrogens with one attached hydrogen (secondary N) is 2. The number of nitrogens with zero attached hydrogens (tertiary/aromatic N) is 1. The molecule has 2 N–H and O–H groups in total. The van der Waals surface area contributed by atoms with Crippen LogP contribution in [0.15, 0.2) is 23.2 Å². The van der Waals surface area contributed by atoms with Crippen LogP contribution < -0.4 is 20.1 Å². The van der Waals surface area contributed by atoms with E-state index in [2.05, 4.69) is 22.5 Å². The molecular weight excluding hydrogens is 218 g/mol. The Morgan fingerprint density at radius 1 is 1.41 bits per heavy atom. The zero-order valence-corrected chi connectivity index (χ0v) is 9.69. The number of benzene rings is 1. The van der Waals surface area contributed by atoms with E-state index < -0.39 is 0 Å². The molecule has 5 heteroatoms. The number of rotatable bonds is 2. The van der Waals surface area contributed by atoms with Gasteiger partial charge in [0, 0.05) is 12.6 Å². The van der Waals surface area contributed by atoms with E-state index in [0.29, 0.717) is 12.8 Å². The molecule has 0 aliphatic carbocycles. The number of guanidine groups is 1. The monoisotopic (exact) mass is 233 g/mol. The molecule has 2 heterocycles. The lowest BCUT2D eigenvalue weighted by Crippen LogP contribution is -2.37. The quantitative estimate of drug-likeness (QED) is 0.795. The van der Waals surface area contributed by atoms with E-state index in [1.54, 1.807) is 0 Å². The summed E-state index contributed by atoms with van der Waals surface area (Å²) in [7, 11) is 0.